The van der Waals surface area contributed by atoms with E-state index in [0.29, 0.717) is 12.3 Å². The number of hydrogen-bond acceptors (Lipinski definition) is 3. The van der Waals surface area contributed by atoms with Gasteiger partial charge in [-0.2, -0.15) is 0 Å². The summed E-state index contributed by atoms with van der Waals surface area (Å²) in [6, 6.07) is 6.07. The first-order valence-electron chi connectivity index (χ1n) is 5.11. The van der Waals surface area contributed by atoms with Gasteiger partial charge in [-0.15, -0.1) is 0 Å². The minimum absolute atomic E-state index is 0.314. The van der Waals surface area contributed by atoms with Crippen LogP contribution in [0.25, 0.3) is 0 Å². The monoisotopic (exact) mass is 205 g/mol. The van der Waals surface area contributed by atoms with Crippen molar-refractivity contribution in [3.05, 3.63) is 29.3 Å². The maximum Gasteiger partial charge on any atom is 0.122 e. The van der Waals surface area contributed by atoms with Crippen LogP contribution in [0, 0.1) is 5.92 Å². The van der Waals surface area contributed by atoms with Crippen LogP contribution in [0.3, 0.4) is 0 Å². The molecule has 3 heteroatoms. The second kappa shape index (κ2) is 3.93. The zero-order valence-electron chi connectivity index (χ0n) is 9.03. The molecule has 1 aromatic carbocycles. The maximum atomic E-state index is 8.90. The van der Waals surface area contributed by atoms with Gasteiger partial charge in [-0.25, -0.2) is 0 Å². The number of methoxy groups -OCH3 is 1. The lowest BCUT2D eigenvalue weighted by Crippen LogP contribution is -2.23. The average molecular weight is 205 g/mol. The topological polar surface area (TPSA) is 41.8 Å². The Kier molecular flexibility index (Phi) is 2.62. The van der Waals surface area contributed by atoms with Gasteiger partial charge in [0.15, 0.2) is 0 Å². The first-order valence-corrected chi connectivity index (χ1v) is 5.11. The normalized spacial score (nSPS) is 22.5. The highest BCUT2D eigenvalue weighted by atomic mass is 16.5. The molecule has 1 aliphatic carbocycles. The van der Waals surface area contributed by atoms with Crippen LogP contribution in [0.4, 0.5) is 0 Å². The van der Waals surface area contributed by atoms with Crippen LogP contribution in [0.15, 0.2) is 23.4 Å². The van der Waals surface area contributed by atoms with Gasteiger partial charge in [0.05, 0.1) is 12.8 Å². The third-order valence-electron chi connectivity index (χ3n) is 3.03. The Morgan fingerprint density at radius 2 is 2.27 bits per heavy atom. The van der Waals surface area contributed by atoms with E-state index >= 15 is 0 Å². The zero-order chi connectivity index (χ0) is 10.8. The van der Waals surface area contributed by atoms with Gasteiger partial charge in [-0.1, -0.05) is 24.2 Å². The van der Waals surface area contributed by atoms with Crippen LogP contribution in [0.2, 0.25) is 0 Å². The summed E-state index contributed by atoms with van der Waals surface area (Å²) in [6.07, 6.45) is 1.61. The number of rotatable bonds is 1. The second-order valence-corrected chi connectivity index (χ2v) is 3.97. The Morgan fingerprint density at radius 1 is 1.47 bits per heavy atom. The molecule has 0 saturated carbocycles. The summed E-state index contributed by atoms with van der Waals surface area (Å²) >= 11 is 0. The molecular formula is C12H15NO2. The molecule has 80 valence electrons. The number of hydrogen-bond donors (Lipinski definition) is 1. The SMILES string of the molecule is COc1cccc2c1CC(=NO)C(C)C2. The fourth-order valence-corrected chi connectivity index (χ4v) is 2.13. The Labute approximate surface area is 89.4 Å². The molecule has 1 aromatic rings. The molecule has 0 heterocycles. The molecule has 1 unspecified atom stereocenters. The van der Waals surface area contributed by atoms with E-state index in [1.807, 2.05) is 12.1 Å². The van der Waals surface area contributed by atoms with Gasteiger partial charge in [0.2, 0.25) is 0 Å². The summed E-state index contributed by atoms with van der Waals surface area (Å²) in [5, 5.41) is 12.3. The van der Waals surface area contributed by atoms with Crippen LogP contribution in [-0.4, -0.2) is 18.0 Å². The van der Waals surface area contributed by atoms with E-state index in [-0.39, 0.29) is 0 Å². The summed E-state index contributed by atoms with van der Waals surface area (Å²) in [5.41, 5.74) is 3.30. The fourth-order valence-electron chi connectivity index (χ4n) is 2.13. The van der Waals surface area contributed by atoms with E-state index in [1.165, 1.54) is 5.56 Å². The molecule has 2 rings (SSSR count). The van der Waals surface area contributed by atoms with Gasteiger partial charge in [-0.05, 0) is 18.1 Å². The number of ether oxygens (including phenoxy) is 1. The van der Waals surface area contributed by atoms with E-state index in [9.17, 15) is 0 Å². The minimum atomic E-state index is 0.314. The summed E-state index contributed by atoms with van der Waals surface area (Å²) in [5.74, 6) is 1.20. The summed E-state index contributed by atoms with van der Waals surface area (Å²) in [4.78, 5) is 0. The highest BCUT2D eigenvalue weighted by Crippen LogP contribution is 2.30. The van der Waals surface area contributed by atoms with Crippen molar-refractivity contribution in [3.8, 4) is 5.75 Å². The molecule has 0 aromatic heterocycles. The molecule has 1 N–H and O–H groups in total. The lowest BCUT2D eigenvalue weighted by atomic mass is 9.83. The van der Waals surface area contributed by atoms with E-state index in [4.69, 9.17) is 9.94 Å². The van der Waals surface area contributed by atoms with Crippen molar-refractivity contribution in [2.24, 2.45) is 11.1 Å². The Bertz CT molecular complexity index is 399. The van der Waals surface area contributed by atoms with Crippen LogP contribution in [-0.2, 0) is 12.8 Å². The van der Waals surface area contributed by atoms with Crippen LogP contribution in [0.5, 0.6) is 5.75 Å². The van der Waals surface area contributed by atoms with E-state index < -0.39 is 0 Å². The number of benzene rings is 1. The largest absolute Gasteiger partial charge is 0.496 e. The zero-order valence-corrected chi connectivity index (χ0v) is 9.03. The van der Waals surface area contributed by atoms with Gasteiger partial charge in [0, 0.05) is 17.9 Å². The summed E-state index contributed by atoms with van der Waals surface area (Å²) < 4.78 is 5.30. The molecule has 0 amide bonds. The maximum absolute atomic E-state index is 8.90. The van der Waals surface area contributed by atoms with Crippen molar-refractivity contribution >= 4 is 5.71 Å². The highest BCUT2D eigenvalue weighted by Gasteiger charge is 2.23. The molecule has 0 fully saturated rings. The standard InChI is InChI=1S/C12H15NO2/c1-8-6-9-4-3-5-12(15-2)10(9)7-11(8)13-14/h3-5,8,14H,6-7H2,1-2H3. The van der Waals surface area contributed by atoms with Gasteiger partial charge >= 0.3 is 0 Å². The molecule has 1 aliphatic rings. The van der Waals surface area contributed by atoms with Crippen molar-refractivity contribution in [2.75, 3.05) is 7.11 Å². The average Bonchev–Trinajstić information content (AvgIpc) is 2.27. The quantitative estimate of drug-likeness (QED) is 0.564. The molecular weight excluding hydrogens is 190 g/mol. The molecule has 1 atom stereocenters. The van der Waals surface area contributed by atoms with E-state index in [2.05, 4.69) is 18.1 Å². The lowest BCUT2D eigenvalue weighted by Gasteiger charge is -2.24. The lowest BCUT2D eigenvalue weighted by molar-refractivity contribution is 0.313. The van der Waals surface area contributed by atoms with Crippen molar-refractivity contribution < 1.29 is 9.94 Å². The highest BCUT2D eigenvalue weighted by molar-refractivity contribution is 5.90. The number of oxime groups is 1. The predicted octanol–water partition coefficient (Wildman–Crippen LogP) is 2.26. The van der Waals surface area contributed by atoms with Crippen LogP contribution < -0.4 is 4.74 Å². The van der Waals surface area contributed by atoms with Gasteiger partial charge in [0.1, 0.15) is 5.75 Å². The molecule has 0 spiro atoms. The van der Waals surface area contributed by atoms with Crippen molar-refractivity contribution in [3.63, 3.8) is 0 Å². The Morgan fingerprint density at radius 3 is 2.93 bits per heavy atom. The molecule has 0 radical (unpaired) electrons. The van der Waals surface area contributed by atoms with Gasteiger partial charge < -0.3 is 9.94 Å². The first-order chi connectivity index (χ1) is 7.26. The minimum Gasteiger partial charge on any atom is -0.496 e. The fraction of sp³-hybridized carbons (Fsp3) is 0.417. The van der Waals surface area contributed by atoms with Gasteiger partial charge in [-0.3, -0.25) is 0 Å². The molecule has 0 bridgehead atoms. The van der Waals surface area contributed by atoms with Gasteiger partial charge in [0.25, 0.3) is 0 Å². The number of nitrogens with zero attached hydrogens (tertiary/aromatic N) is 1. The summed E-state index contributed by atoms with van der Waals surface area (Å²) in [6.45, 7) is 2.08. The third kappa shape index (κ3) is 1.69. The molecule has 15 heavy (non-hydrogen) atoms. The van der Waals surface area contributed by atoms with Crippen molar-refractivity contribution in [2.45, 2.75) is 19.8 Å². The first kappa shape index (κ1) is 10.0. The van der Waals surface area contributed by atoms with Crippen LogP contribution in [0.1, 0.15) is 18.1 Å². The van der Waals surface area contributed by atoms with Crippen LogP contribution >= 0.6 is 0 Å². The molecule has 0 aliphatic heterocycles. The third-order valence-corrected chi connectivity index (χ3v) is 3.03. The summed E-state index contributed by atoms with van der Waals surface area (Å²) in [7, 11) is 1.67. The Balaban J connectivity index is 2.45. The molecule has 3 nitrogen and oxygen atoms in total. The van der Waals surface area contributed by atoms with E-state index in [0.717, 1.165) is 23.4 Å². The van der Waals surface area contributed by atoms with Crippen molar-refractivity contribution in [1.29, 1.82) is 0 Å². The Hall–Kier alpha value is -1.51. The molecule has 0 saturated heterocycles. The smallest absolute Gasteiger partial charge is 0.122 e. The predicted molar refractivity (Wildman–Crippen MR) is 58.8 cm³/mol. The second-order valence-electron chi connectivity index (χ2n) is 3.97. The van der Waals surface area contributed by atoms with E-state index in [1.54, 1.807) is 7.11 Å². The van der Waals surface area contributed by atoms with Crippen molar-refractivity contribution in [1.82, 2.24) is 0 Å². The number of fused-ring (bicyclic) bond motifs is 1.